The molecule has 18 heavy (non-hydrogen) atoms. The van der Waals surface area contributed by atoms with Gasteiger partial charge < -0.3 is 5.32 Å². The van der Waals surface area contributed by atoms with Crippen LogP contribution < -0.4 is 5.32 Å². The number of amides is 1. The fourth-order valence-electron chi connectivity index (χ4n) is 2.06. The third-order valence-electron chi connectivity index (χ3n) is 2.93. The van der Waals surface area contributed by atoms with Gasteiger partial charge in [-0.1, -0.05) is 12.1 Å². The zero-order chi connectivity index (χ0) is 12.7. The maximum Gasteiger partial charge on any atom is 0.228 e. The molecule has 2 nitrogen and oxygen atoms in total. The van der Waals surface area contributed by atoms with Crippen LogP contribution in [-0.2, 0) is 11.2 Å². The molecule has 92 valence electrons. The molecule has 1 unspecified atom stereocenters. The van der Waals surface area contributed by atoms with Gasteiger partial charge in [0.1, 0.15) is 0 Å². The van der Waals surface area contributed by atoms with Crippen LogP contribution in [0.3, 0.4) is 0 Å². The van der Waals surface area contributed by atoms with E-state index in [4.69, 9.17) is 11.6 Å². The van der Waals surface area contributed by atoms with Crippen molar-refractivity contribution in [2.24, 2.45) is 0 Å². The molecule has 0 saturated carbocycles. The highest BCUT2D eigenvalue weighted by Crippen LogP contribution is 2.36. The highest BCUT2D eigenvalue weighted by molar-refractivity contribution is 9.11. The van der Waals surface area contributed by atoms with E-state index in [9.17, 15) is 4.79 Å². The van der Waals surface area contributed by atoms with E-state index >= 15 is 0 Å². The molecule has 5 heteroatoms. The summed E-state index contributed by atoms with van der Waals surface area (Å²) in [4.78, 5) is 11.3. The van der Waals surface area contributed by atoms with E-state index in [0.717, 1.165) is 26.2 Å². The first-order valence-electron chi connectivity index (χ1n) is 5.44. The molecular weight excluding hydrogens is 334 g/mol. The molecule has 1 aromatic carbocycles. The van der Waals surface area contributed by atoms with Crippen LogP contribution in [0.15, 0.2) is 33.4 Å². The maximum absolute atomic E-state index is 11.3. The topological polar surface area (TPSA) is 29.1 Å². The number of alkyl halides is 1. The van der Waals surface area contributed by atoms with E-state index in [-0.39, 0.29) is 11.3 Å². The Morgan fingerprint density at radius 1 is 1.33 bits per heavy atom. The molecule has 3 rings (SSSR count). The zero-order valence-electron chi connectivity index (χ0n) is 9.24. The first-order chi connectivity index (χ1) is 8.63. The van der Waals surface area contributed by atoms with Crippen molar-refractivity contribution in [3.8, 4) is 0 Å². The number of rotatable bonds is 2. The van der Waals surface area contributed by atoms with Crippen LogP contribution in [0.25, 0.3) is 0 Å². The van der Waals surface area contributed by atoms with E-state index in [0.29, 0.717) is 6.42 Å². The van der Waals surface area contributed by atoms with Crippen molar-refractivity contribution in [1.29, 1.82) is 0 Å². The summed E-state index contributed by atoms with van der Waals surface area (Å²) in [5.74, 6) is 0.0477. The smallest absolute Gasteiger partial charge is 0.228 e. The van der Waals surface area contributed by atoms with E-state index < -0.39 is 0 Å². The summed E-state index contributed by atoms with van der Waals surface area (Å²) >= 11 is 11.5. The molecule has 2 aromatic rings. The maximum atomic E-state index is 11.3. The molecule has 1 amide bonds. The number of carbonyl (C=O) groups is 1. The Hall–Kier alpha value is -0.840. The normalized spacial score (nSPS) is 15.3. The van der Waals surface area contributed by atoms with E-state index in [1.54, 1.807) is 11.3 Å². The summed E-state index contributed by atoms with van der Waals surface area (Å²) in [5.41, 5.74) is 4.03. The lowest BCUT2D eigenvalue weighted by molar-refractivity contribution is -0.115. The lowest BCUT2D eigenvalue weighted by Crippen LogP contribution is -2.03. The summed E-state index contributed by atoms with van der Waals surface area (Å²) in [7, 11) is 0. The second kappa shape index (κ2) is 4.68. The Labute approximate surface area is 122 Å². The fraction of sp³-hybridized carbons (Fsp3) is 0.154. The van der Waals surface area contributed by atoms with Crippen molar-refractivity contribution in [1.82, 2.24) is 0 Å². The van der Waals surface area contributed by atoms with Gasteiger partial charge in [0.05, 0.1) is 15.6 Å². The third-order valence-corrected chi connectivity index (χ3v) is 4.95. The van der Waals surface area contributed by atoms with Gasteiger partial charge in [0.2, 0.25) is 5.91 Å². The van der Waals surface area contributed by atoms with E-state index in [1.807, 2.05) is 29.6 Å². The lowest BCUT2D eigenvalue weighted by atomic mass is 10.0. The minimum absolute atomic E-state index is 0.0477. The van der Waals surface area contributed by atoms with Crippen LogP contribution in [0.2, 0.25) is 0 Å². The number of anilines is 1. The summed E-state index contributed by atoms with van der Waals surface area (Å²) in [6, 6.07) is 7.93. The number of halogens is 2. The number of nitrogens with one attached hydrogen (secondary N) is 1. The predicted molar refractivity (Wildman–Crippen MR) is 78.5 cm³/mol. The SMILES string of the molecule is O=C1Cc2cc(C(Cl)c3csc(Br)c3)ccc2N1. The summed E-state index contributed by atoms with van der Waals surface area (Å²) in [6.07, 6.45) is 0.445. The largest absolute Gasteiger partial charge is 0.326 e. The minimum atomic E-state index is -0.173. The van der Waals surface area contributed by atoms with Gasteiger partial charge in [0.15, 0.2) is 0 Å². The lowest BCUT2D eigenvalue weighted by Gasteiger charge is -2.09. The summed E-state index contributed by atoms with van der Waals surface area (Å²) < 4.78 is 1.07. The molecule has 1 atom stereocenters. The van der Waals surface area contributed by atoms with Gasteiger partial charge in [-0.3, -0.25) is 4.79 Å². The third kappa shape index (κ3) is 2.20. The van der Waals surface area contributed by atoms with E-state index in [1.165, 1.54) is 0 Å². The van der Waals surface area contributed by atoms with Crippen molar-refractivity contribution < 1.29 is 4.79 Å². The molecule has 1 N–H and O–H groups in total. The molecule has 1 aromatic heterocycles. The van der Waals surface area contributed by atoms with E-state index in [2.05, 4.69) is 21.2 Å². The second-order valence-electron chi connectivity index (χ2n) is 4.19. The quantitative estimate of drug-likeness (QED) is 0.809. The molecule has 0 aliphatic carbocycles. The Bertz CT molecular complexity index is 625. The van der Waals surface area contributed by atoms with Crippen LogP contribution in [0.1, 0.15) is 22.1 Å². The average Bonchev–Trinajstić information content (AvgIpc) is 2.92. The van der Waals surface area contributed by atoms with Gasteiger partial charge >= 0.3 is 0 Å². The Kier molecular flexibility index (Phi) is 3.18. The highest BCUT2D eigenvalue weighted by atomic mass is 79.9. The number of benzene rings is 1. The standard InChI is InChI=1S/C13H9BrClNOS/c14-11-4-9(6-18-11)13(15)7-1-2-10-8(3-7)5-12(17)16-10/h1-4,6,13H,5H2,(H,16,17). The number of carbonyl (C=O) groups excluding carboxylic acids is 1. The van der Waals surface area contributed by atoms with Crippen molar-refractivity contribution in [3.05, 3.63) is 50.1 Å². The van der Waals surface area contributed by atoms with Gasteiger partial charge in [0.25, 0.3) is 0 Å². The fourth-order valence-corrected chi connectivity index (χ4v) is 3.59. The van der Waals surface area contributed by atoms with Crippen LogP contribution >= 0.6 is 38.9 Å². The van der Waals surface area contributed by atoms with Crippen molar-refractivity contribution in [3.63, 3.8) is 0 Å². The van der Waals surface area contributed by atoms with Gasteiger partial charge in [-0.25, -0.2) is 0 Å². The van der Waals surface area contributed by atoms with Crippen molar-refractivity contribution >= 4 is 50.5 Å². The predicted octanol–water partition coefficient (Wildman–Crippen LogP) is 4.33. The van der Waals surface area contributed by atoms with Crippen molar-refractivity contribution in [2.75, 3.05) is 5.32 Å². The summed E-state index contributed by atoms with van der Waals surface area (Å²) in [6.45, 7) is 0. The monoisotopic (exact) mass is 341 g/mol. The Balaban J connectivity index is 1.94. The molecule has 0 radical (unpaired) electrons. The van der Waals surface area contributed by atoms with Crippen molar-refractivity contribution in [2.45, 2.75) is 11.8 Å². The van der Waals surface area contributed by atoms with Crippen LogP contribution in [0.4, 0.5) is 5.69 Å². The first kappa shape index (κ1) is 12.2. The van der Waals surface area contributed by atoms with Crippen LogP contribution in [-0.4, -0.2) is 5.91 Å². The molecular formula is C13H9BrClNOS. The second-order valence-corrected chi connectivity index (χ2v) is 6.92. The van der Waals surface area contributed by atoms with Gasteiger partial charge in [-0.15, -0.1) is 22.9 Å². The van der Waals surface area contributed by atoms with Crippen LogP contribution in [0, 0.1) is 0 Å². The molecule has 0 bridgehead atoms. The zero-order valence-corrected chi connectivity index (χ0v) is 12.4. The van der Waals surface area contributed by atoms with Gasteiger partial charge in [-0.05, 0) is 50.1 Å². The number of thiophene rings is 1. The number of hydrogen-bond donors (Lipinski definition) is 1. The molecule has 1 aliphatic heterocycles. The highest BCUT2D eigenvalue weighted by Gasteiger charge is 2.20. The summed E-state index contributed by atoms with van der Waals surface area (Å²) in [5, 5.41) is 4.69. The molecule has 1 aliphatic rings. The molecule has 0 fully saturated rings. The minimum Gasteiger partial charge on any atom is -0.326 e. The average molecular weight is 343 g/mol. The first-order valence-corrected chi connectivity index (χ1v) is 7.55. The Morgan fingerprint density at radius 3 is 2.89 bits per heavy atom. The molecule has 2 heterocycles. The van der Waals surface area contributed by atoms with Gasteiger partial charge in [0, 0.05) is 5.69 Å². The number of hydrogen-bond acceptors (Lipinski definition) is 2. The number of fused-ring (bicyclic) bond motifs is 1. The Morgan fingerprint density at radius 2 is 2.17 bits per heavy atom. The van der Waals surface area contributed by atoms with Crippen LogP contribution in [0.5, 0.6) is 0 Å². The molecule has 0 saturated heterocycles. The van der Waals surface area contributed by atoms with Gasteiger partial charge in [-0.2, -0.15) is 0 Å². The molecule has 0 spiro atoms.